The molecule has 4 saturated carbocycles. The largest absolute Gasteiger partial charge is 0.490 e. The standard InChI is InChI=1S/C12H15ClN4O2/c13-11-2-8-1-9(3-11)5-12(4-8,6-11)16-7-14-10(15-16)17(18)19/h7-9H,1-6H2. The first-order chi connectivity index (χ1) is 8.98. The molecule has 0 amide bonds. The molecule has 0 radical (unpaired) electrons. The van der Waals surface area contributed by atoms with Gasteiger partial charge in [0.15, 0.2) is 0 Å². The Morgan fingerprint density at radius 1 is 1.37 bits per heavy atom. The molecule has 0 saturated heterocycles. The molecule has 4 aliphatic carbocycles. The van der Waals surface area contributed by atoms with Gasteiger partial charge in [-0.3, -0.25) is 0 Å². The molecular formula is C12H15ClN4O2. The molecule has 4 aliphatic rings. The zero-order valence-electron chi connectivity index (χ0n) is 10.5. The maximum Gasteiger partial charge on any atom is 0.490 e. The van der Waals surface area contributed by atoms with Crippen LogP contribution in [-0.4, -0.2) is 24.6 Å². The first-order valence-corrected chi connectivity index (χ1v) is 7.11. The van der Waals surface area contributed by atoms with E-state index in [1.165, 1.54) is 12.7 Å². The molecule has 102 valence electrons. The molecule has 2 unspecified atom stereocenters. The summed E-state index contributed by atoms with van der Waals surface area (Å²) in [6.07, 6.45) is 7.90. The molecule has 1 heterocycles. The number of halogens is 1. The highest BCUT2D eigenvalue weighted by Crippen LogP contribution is 2.62. The van der Waals surface area contributed by atoms with Gasteiger partial charge in [-0.25, -0.2) is 0 Å². The third kappa shape index (κ3) is 1.62. The predicted octanol–water partition coefficient (Wildman–Crippen LogP) is 2.47. The lowest BCUT2D eigenvalue weighted by Crippen LogP contribution is -2.57. The Morgan fingerprint density at radius 2 is 2.05 bits per heavy atom. The van der Waals surface area contributed by atoms with Crippen molar-refractivity contribution >= 4 is 17.5 Å². The van der Waals surface area contributed by atoms with Gasteiger partial charge in [-0.2, -0.15) is 4.68 Å². The number of hydrogen-bond donors (Lipinski definition) is 0. The highest BCUT2D eigenvalue weighted by molar-refractivity contribution is 6.24. The highest BCUT2D eigenvalue weighted by atomic mass is 35.5. The van der Waals surface area contributed by atoms with E-state index in [9.17, 15) is 10.1 Å². The summed E-state index contributed by atoms with van der Waals surface area (Å²) in [5.41, 5.74) is -0.132. The van der Waals surface area contributed by atoms with Crippen LogP contribution in [0.1, 0.15) is 38.5 Å². The van der Waals surface area contributed by atoms with E-state index in [4.69, 9.17) is 11.6 Å². The van der Waals surface area contributed by atoms with E-state index in [1.54, 1.807) is 4.68 Å². The van der Waals surface area contributed by atoms with Crippen LogP contribution in [0.25, 0.3) is 0 Å². The lowest BCUT2D eigenvalue weighted by Gasteiger charge is -2.58. The Morgan fingerprint density at radius 3 is 2.58 bits per heavy atom. The van der Waals surface area contributed by atoms with Gasteiger partial charge < -0.3 is 10.1 Å². The Bertz CT molecular complexity index is 544. The van der Waals surface area contributed by atoms with Crippen molar-refractivity contribution in [2.45, 2.75) is 48.9 Å². The molecule has 0 aliphatic heterocycles. The van der Waals surface area contributed by atoms with E-state index in [-0.39, 0.29) is 16.4 Å². The zero-order chi connectivity index (χ0) is 13.3. The molecule has 0 N–H and O–H groups in total. The van der Waals surface area contributed by atoms with Crippen molar-refractivity contribution in [2.75, 3.05) is 0 Å². The van der Waals surface area contributed by atoms with Crippen LogP contribution in [0.2, 0.25) is 0 Å². The minimum Gasteiger partial charge on any atom is -0.390 e. The van der Waals surface area contributed by atoms with Crippen molar-refractivity contribution < 1.29 is 4.92 Å². The van der Waals surface area contributed by atoms with Crippen molar-refractivity contribution in [3.05, 3.63) is 16.4 Å². The Hall–Kier alpha value is -1.17. The molecule has 19 heavy (non-hydrogen) atoms. The fourth-order valence-electron chi connectivity index (χ4n) is 4.94. The number of nitrogens with zero attached hydrogens (tertiary/aromatic N) is 4. The van der Waals surface area contributed by atoms with Crippen LogP contribution in [0.15, 0.2) is 6.33 Å². The summed E-state index contributed by atoms with van der Waals surface area (Å²) in [5, 5.41) is 14.8. The number of hydrogen-bond acceptors (Lipinski definition) is 4. The normalized spacial score (nSPS) is 43.6. The monoisotopic (exact) mass is 282 g/mol. The maximum atomic E-state index is 10.7. The van der Waals surface area contributed by atoms with Crippen LogP contribution in [0.5, 0.6) is 0 Å². The second-order valence-electron chi connectivity index (χ2n) is 6.58. The van der Waals surface area contributed by atoms with Gasteiger partial charge in [0, 0.05) is 9.97 Å². The molecule has 7 heteroatoms. The summed E-state index contributed by atoms with van der Waals surface area (Å²) in [5.74, 6) is 0.975. The fraction of sp³-hybridized carbons (Fsp3) is 0.833. The molecule has 0 aromatic carbocycles. The summed E-state index contributed by atoms with van der Waals surface area (Å²) >= 11 is 6.74. The minimum atomic E-state index is -0.534. The van der Waals surface area contributed by atoms with E-state index in [2.05, 4.69) is 10.1 Å². The smallest absolute Gasteiger partial charge is 0.390 e. The Balaban J connectivity index is 1.75. The van der Waals surface area contributed by atoms with Gasteiger partial charge in [0.2, 0.25) is 6.33 Å². The van der Waals surface area contributed by atoms with Gasteiger partial charge >= 0.3 is 5.95 Å². The van der Waals surface area contributed by atoms with Crippen molar-refractivity contribution in [1.29, 1.82) is 0 Å². The third-order valence-electron chi connectivity index (χ3n) is 5.09. The Kier molecular flexibility index (Phi) is 2.13. The van der Waals surface area contributed by atoms with Crippen LogP contribution in [0, 0.1) is 22.0 Å². The lowest BCUT2D eigenvalue weighted by atomic mass is 9.52. The number of alkyl halides is 1. The van der Waals surface area contributed by atoms with Gasteiger partial charge in [-0.1, -0.05) is 4.98 Å². The molecule has 6 nitrogen and oxygen atoms in total. The first-order valence-electron chi connectivity index (χ1n) is 6.74. The summed E-state index contributed by atoms with van der Waals surface area (Å²) in [7, 11) is 0. The number of aromatic nitrogens is 3. The van der Waals surface area contributed by atoms with E-state index >= 15 is 0 Å². The maximum absolute atomic E-state index is 10.7. The Labute approximate surface area is 115 Å². The number of nitro groups is 1. The molecule has 4 fully saturated rings. The fourth-order valence-corrected chi connectivity index (χ4v) is 5.62. The SMILES string of the molecule is O=[N+]([O-])c1ncn(C23CC4CC(CC(Cl)(C4)C2)C3)n1. The van der Waals surface area contributed by atoms with Gasteiger partial charge in [0.25, 0.3) is 0 Å². The molecular weight excluding hydrogens is 268 g/mol. The van der Waals surface area contributed by atoms with Gasteiger partial charge in [0.05, 0.1) is 5.54 Å². The second-order valence-corrected chi connectivity index (χ2v) is 7.38. The van der Waals surface area contributed by atoms with Crippen LogP contribution in [-0.2, 0) is 5.54 Å². The summed E-state index contributed by atoms with van der Waals surface area (Å²) in [6.45, 7) is 0. The van der Waals surface area contributed by atoms with Crippen molar-refractivity contribution in [3.63, 3.8) is 0 Å². The molecule has 0 spiro atoms. The van der Waals surface area contributed by atoms with Crippen molar-refractivity contribution in [2.24, 2.45) is 11.8 Å². The first kappa shape index (κ1) is 11.6. The average Bonchev–Trinajstić information content (AvgIpc) is 2.74. The van der Waals surface area contributed by atoms with Gasteiger partial charge in [0.1, 0.15) is 0 Å². The summed E-state index contributed by atoms with van der Waals surface area (Å²) in [4.78, 5) is 13.9. The zero-order valence-corrected chi connectivity index (χ0v) is 11.2. The quantitative estimate of drug-likeness (QED) is 0.474. The van der Waals surface area contributed by atoms with E-state index in [1.807, 2.05) is 0 Å². The van der Waals surface area contributed by atoms with Crippen molar-refractivity contribution in [3.8, 4) is 0 Å². The van der Waals surface area contributed by atoms with Crippen LogP contribution >= 0.6 is 11.6 Å². The summed E-state index contributed by atoms with van der Waals surface area (Å²) in [6, 6.07) is 0. The predicted molar refractivity (Wildman–Crippen MR) is 67.9 cm³/mol. The topological polar surface area (TPSA) is 73.8 Å². The van der Waals surface area contributed by atoms with E-state index < -0.39 is 4.92 Å². The number of rotatable bonds is 2. The second kappa shape index (κ2) is 3.48. The highest BCUT2D eigenvalue weighted by Gasteiger charge is 2.59. The molecule has 1 aromatic heterocycles. The van der Waals surface area contributed by atoms with E-state index in [0.29, 0.717) is 11.8 Å². The van der Waals surface area contributed by atoms with Crippen LogP contribution < -0.4 is 0 Å². The molecule has 2 atom stereocenters. The molecule has 4 bridgehead atoms. The van der Waals surface area contributed by atoms with Gasteiger partial charge in [-0.05, 0) is 55.3 Å². The van der Waals surface area contributed by atoms with Gasteiger partial charge in [-0.15, -0.1) is 11.6 Å². The molecule has 1 aromatic rings. The third-order valence-corrected chi connectivity index (χ3v) is 5.53. The minimum absolute atomic E-state index is 0.120. The lowest BCUT2D eigenvalue weighted by molar-refractivity contribution is -0.394. The average molecular weight is 283 g/mol. The van der Waals surface area contributed by atoms with Crippen LogP contribution in [0.4, 0.5) is 5.95 Å². The molecule has 5 rings (SSSR count). The van der Waals surface area contributed by atoms with Crippen LogP contribution in [0.3, 0.4) is 0 Å². The van der Waals surface area contributed by atoms with E-state index in [0.717, 1.165) is 32.1 Å². The van der Waals surface area contributed by atoms with Crippen molar-refractivity contribution in [1.82, 2.24) is 14.8 Å². The summed E-state index contributed by atoms with van der Waals surface area (Å²) < 4.78 is 1.74.